The summed E-state index contributed by atoms with van der Waals surface area (Å²) in [7, 11) is -3.83. The van der Waals surface area contributed by atoms with Crippen molar-refractivity contribution in [3.63, 3.8) is 0 Å². The first kappa shape index (κ1) is 21.3. The predicted molar refractivity (Wildman–Crippen MR) is 115 cm³/mol. The van der Waals surface area contributed by atoms with E-state index in [-0.39, 0.29) is 11.4 Å². The molecule has 0 atom stereocenters. The molecule has 0 bridgehead atoms. The fourth-order valence-corrected chi connectivity index (χ4v) is 4.33. The maximum Gasteiger partial charge on any atom is 0.323 e. The van der Waals surface area contributed by atoms with Crippen LogP contribution in [0.3, 0.4) is 0 Å². The maximum absolute atomic E-state index is 12.8. The molecule has 0 aliphatic rings. The van der Waals surface area contributed by atoms with Gasteiger partial charge in [-0.2, -0.15) is 0 Å². The average Bonchev–Trinajstić information content (AvgIpc) is 2.71. The first-order valence-corrected chi connectivity index (χ1v) is 11.0. The lowest BCUT2D eigenvalue weighted by Crippen LogP contribution is -2.31. The lowest BCUT2D eigenvalue weighted by molar-refractivity contribution is -0.137. The van der Waals surface area contributed by atoms with Crippen molar-refractivity contribution >= 4 is 21.7 Å². The molecular formula is C22H22N2O5S. The monoisotopic (exact) mass is 426 g/mol. The van der Waals surface area contributed by atoms with Gasteiger partial charge in [0.05, 0.1) is 5.75 Å². The highest BCUT2D eigenvalue weighted by atomic mass is 32.2. The van der Waals surface area contributed by atoms with Crippen LogP contribution in [-0.4, -0.2) is 24.1 Å². The highest BCUT2D eigenvalue weighted by molar-refractivity contribution is 7.91. The summed E-state index contributed by atoms with van der Waals surface area (Å²) in [5.74, 6) is -1.47. The number of nitrogens with zero attached hydrogens (tertiary/aromatic N) is 1. The van der Waals surface area contributed by atoms with Crippen LogP contribution in [0.25, 0.3) is 0 Å². The number of benzene rings is 2. The van der Waals surface area contributed by atoms with Gasteiger partial charge in [-0.1, -0.05) is 60.7 Å². The number of anilines is 1. The quantitative estimate of drug-likeness (QED) is 0.547. The van der Waals surface area contributed by atoms with Gasteiger partial charge < -0.3 is 5.11 Å². The number of carboxylic acid groups (broad SMARTS) is 1. The SMILES string of the molecule is O=C(O)Cn1c(CCc2ccccc2)ccc(NS(=O)(=O)Cc2ccccc2)c1=O. The van der Waals surface area contributed by atoms with Crippen molar-refractivity contribution < 1.29 is 18.3 Å². The number of hydrogen-bond acceptors (Lipinski definition) is 4. The molecule has 0 fully saturated rings. The number of hydrogen-bond donors (Lipinski definition) is 2. The number of sulfonamides is 1. The fraction of sp³-hybridized carbons (Fsp3) is 0.182. The van der Waals surface area contributed by atoms with Gasteiger partial charge in [0, 0.05) is 5.69 Å². The van der Waals surface area contributed by atoms with E-state index in [0.717, 1.165) is 10.1 Å². The zero-order valence-electron chi connectivity index (χ0n) is 16.2. The van der Waals surface area contributed by atoms with Crippen LogP contribution in [0.4, 0.5) is 5.69 Å². The standard InChI is InChI=1S/C22H22N2O5S/c25-21(26)15-24-19(12-11-17-7-3-1-4-8-17)13-14-20(22(24)27)23-30(28,29)16-18-9-5-2-6-10-18/h1-10,13-14,23H,11-12,15-16H2,(H,25,26). The fourth-order valence-electron chi connectivity index (χ4n) is 3.14. The molecule has 2 N–H and O–H groups in total. The van der Waals surface area contributed by atoms with Gasteiger partial charge in [0.15, 0.2) is 0 Å². The lowest BCUT2D eigenvalue weighted by Gasteiger charge is -2.14. The van der Waals surface area contributed by atoms with Crippen LogP contribution in [0.5, 0.6) is 0 Å². The lowest BCUT2D eigenvalue weighted by atomic mass is 10.1. The molecule has 7 nitrogen and oxygen atoms in total. The van der Waals surface area contributed by atoms with Crippen LogP contribution in [0.2, 0.25) is 0 Å². The maximum atomic E-state index is 12.8. The van der Waals surface area contributed by atoms with E-state index in [1.807, 2.05) is 30.3 Å². The zero-order chi connectivity index (χ0) is 21.6. The molecule has 1 heterocycles. The Morgan fingerprint density at radius 3 is 2.07 bits per heavy atom. The van der Waals surface area contributed by atoms with Crippen molar-refractivity contribution in [3.8, 4) is 0 Å². The van der Waals surface area contributed by atoms with E-state index in [1.165, 1.54) is 6.07 Å². The molecule has 1 aromatic heterocycles. The third-order valence-corrected chi connectivity index (χ3v) is 5.78. The summed E-state index contributed by atoms with van der Waals surface area (Å²) in [6.07, 6.45) is 1.07. The Morgan fingerprint density at radius 1 is 0.867 bits per heavy atom. The highest BCUT2D eigenvalue weighted by Crippen LogP contribution is 2.13. The molecule has 8 heteroatoms. The minimum Gasteiger partial charge on any atom is -0.480 e. The smallest absolute Gasteiger partial charge is 0.323 e. The number of rotatable bonds is 9. The number of aromatic nitrogens is 1. The molecule has 0 saturated heterocycles. The highest BCUT2D eigenvalue weighted by Gasteiger charge is 2.17. The van der Waals surface area contributed by atoms with E-state index in [9.17, 15) is 23.1 Å². The van der Waals surface area contributed by atoms with Gasteiger partial charge in [-0.05, 0) is 36.1 Å². The number of carbonyl (C=O) groups is 1. The first-order valence-electron chi connectivity index (χ1n) is 9.37. The van der Waals surface area contributed by atoms with E-state index in [0.29, 0.717) is 24.1 Å². The third-order valence-electron chi connectivity index (χ3n) is 4.54. The van der Waals surface area contributed by atoms with Crippen LogP contribution in [-0.2, 0) is 40.0 Å². The number of pyridine rings is 1. The van der Waals surface area contributed by atoms with Crippen LogP contribution in [0.15, 0.2) is 77.6 Å². The molecule has 0 amide bonds. The van der Waals surface area contributed by atoms with Crippen LogP contribution in [0, 0.1) is 0 Å². The molecule has 3 aromatic rings. The minimum absolute atomic E-state index is 0.171. The molecule has 3 rings (SSSR count). The third kappa shape index (κ3) is 5.81. The van der Waals surface area contributed by atoms with Crippen molar-refractivity contribution in [2.45, 2.75) is 25.1 Å². The molecule has 30 heavy (non-hydrogen) atoms. The molecule has 2 aromatic carbocycles. The van der Waals surface area contributed by atoms with Gasteiger partial charge in [0.1, 0.15) is 12.2 Å². The topological polar surface area (TPSA) is 105 Å². The Bertz CT molecular complexity index is 1170. The van der Waals surface area contributed by atoms with E-state index < -0.39 is 28.1 Å². The minimum atomic E-state index is -3.83. The van der Waals surface area contributed by atoms with E-state index >= 15 is 0 Å². The predicted octanol–water partition coefficient (Wildman–Crippen LogP) is 2.66. The van der Waals surface area contributed by atoms with Gasteiger partial charge >= 0.3 is 5.97 Å². The Kier molecular flexibility index (Phi) is 6.68. The molecule has 0 unspecified atom stereocenters. The molecule has 0 aliphatic carbocycles. The van der Waals surface area contributed by atoms with Gasteiger partial charge in [-0.15, -0.1) is 0 Å². The summed E-state index contributed by atoms with van der Waals surface area (Å²) < 4.78 is 28.3. The first-order chi connectivity index (χ1) is 14.3. The molecule has 0 aliphatic heterocycles. The summed E-state index contributed by atoms with van der Waals surface area (Å²) >= 11 is 0. The Balaban J connectivity index is 1.85. The zero-order valence-corrected chi connectivity index (χ0v) is 17.0. The number of aryl methyl sites for hydroxylation is 2. The van der Waals surface area contributed by atoms with Crippen LogP contribution < -0.4 is 10.3 Å². The second kappa shape index (κ2) is 9.41. The van der Waals surface area contributed by atoms with Crippen molar-refractivity contribution in [1.29, 1.82) is 0 Å². The summed E-state index contributed by atoms with van der Waals surface area (Å²) in [6, 6.07) is 21.2. The summed E-state index contributed by atoms with van der Waals surface area (Å²) in [5.41, 5.74) is 1.31. The second-order valence-electron chi connectivity index (χ2n) is 6.86. The van der Waals surface area contributed by atoms with Gasteiger partial charge in [0.25, 0.3) is 5.56 Å². The van der Waals surface area contributed by atoms with Gasteiger partial charge in [-0.3, -0.25) is 18.9 Å². The number of nitrogens with one attached hydrogen (secondary N) is 1. The molecular weight excluding hydrogens is 404 g/mol. The van der Waals surface area contributed by atoms with Crippen molar-refractivity contribution in [2.75, 3.05) is 4.72 Å². The largest absolute Gasteiger partial charge is 0.480 e. The van der Waals surface area contributed by atoms with Crippen LogP contribution in [0.1, 0.15) is 16.8 Å². The Labute approximate surface area is 174 Å². The molecule has 0 spiro atoms. The van der Waals surface area contributed by atoms with Gasteiger partial charge in [0.2, 0.25) is 10.0 Å². The van der Waals surface area contributed by atoms with Gasteiger partial charge in [-0.25, -0.2) is 8.42 Å². The van der Waals surface area contributed by atoms with E-state index in [2.05, 4.69) is 4.72 Å². The Morgan fingerprint density at radius 2 is 1.47 bits per heavy atom. The van der Waals surface area contributed by atoms with Crippen molar-refractivity contribution in [3.05, 3.63) is 100.0 Å². The number of aliphatic carboxylic acids is 1. The average molecular weight is 426 g/mol. The normalized spacial score (nSPS) is 11.2. The second-order valence-corrected chi connectivity index (χ2v) is 8.58. The van der Waals surface area contributed by atoms with Crippen molar-refractivity contribution in [2.24, 2.45) is 0 Å². The molecule has 156 valence electrons. The molecule has 0 radical (unpaired) electrons. The van der Waals surface area contributed by atoms with Crippen LogP contribution >= 0.6 is 0 Å². The van der Waals surface area contributed by atoms with E-state index in [4.69, 9.17) is 0 Å². The summed E-state index contributed by atoms with van der Waals surface area (Å²) in [6.45, 7) is -0.544. The summed E-state index contributed by atoms with van der Waals surface area (Å²) in [5, 5.41) is 9.22. The Hall–Kier alpha value is -3.39. The summed E-state index contributed by atoms with van der Waals surface area (Å²) in [4.78, 5) is 24.1. The van der Waals surface area contributed by atoms with Crippen molar-refractivity contribution in [1.82, 2.24) is 4.57 Å². The van der Waals surface area contributed by atoms with E-state index in [1.54, 1.807) is 36.4 Å². The number of carboxylic acids is 1. The molecule has 0 saturated carbocycles.